The van der Waals surface area contributed by atoms with E-state index >= 15 is 0 Å². The number of rotatable bonds is 8. The summed E-state index contributed by atoms with van der Waals surface area (Å²) in [6, 6.07) is 0. The second-order valence-corrected chi connectivity index (χ2v) is 5.92. The fourth-order valence-corrected chi connectivity index (χ4v) is 2.71. The number of hydrogen-bond donors (Lipinski definition) is 2. The number of nitrogens with two attached hydrogens (primary N) is 1. The number of carbonyl (C=O) groups excluding carboxylic acids is 2. The molecule has 1 aliphatic carbocycles. The lowest BCUT2D eigenvalue weighted by Gasteiger charge is -2.34. The van der Waals surface area contributed by atoms with E-state index in [9.17, 15) is 14.7 Å². The predicted octanol–water partition coefficient (Wildman–Crippen LogP) is 1.51. The molecule has 7 heteroatoms. The van der Waals surface area contributed by atoms with Crippen molar-refractivity contribution in [2.45, 2.75) is 51.7 Å². The quantitative estimate of drug-likeness (QED) is 0.645. The second-order valence-electron chi connectivity index (χ2n) is 5.92. The largest absolute Gasteiger partial charge is 0.466 e. The van der Waals surface area contributed by atoms with Crippen molar-refractivity contribution in [1.29, 1.82) is 0 Å². The summed E-state index contributed by atoms with van der Waals surface area (Å²) in [4.78, 5) is 23.7. The Balaban J connectivity index is 2.14. The highest BCUT2D eigenvalue weighted by Gasteiger charge is 2.45. The van der Waals surface area contributed by atoms with Gasteiger partial charge in [-0.05, 0) is 39.0 Å². The van der Waals surface area contributed by atoms with Crippen molar-refractivity contribution >= 4 is 11.9 Å². The van der Waals surface area contributed by atoms with Crippen molar-refractivity contribution in [3.63, 3.8) is 0 Å². The van der Waals surface area contributed by atoms with Crippen LogP contribution in [0.2, 0.25) is 0 Å². The molecular formula is C17H25NO6. The van der Waals surface area contributed by atoms with Gasteiger partial charge in [0, 0.05) is 18.4 Å². The molecule has 2 aliphatic rings. The lowest BCUT2D eigenvalue weighted by molar-refractivity contribution is -0.166. The van der Waals surface area contributed by atoms with Gasteiger partial charge in [0.2, 0.25) is 5.79 Å². The number of carbonyl (C=O) groups is 2. The SMILES string of the molecule is CCOC(=O)CCCC1(O)OC=C(C2CC2)C(N)=C1C(=O)OCC. The van der Waals surface area contributed by atoms with E-state index < -0.39 is 11.8 Å². The lowest BCUT2D eigenvalue weighted by atomic mass is 9.92. The Morgan fingerprint density at radius 1 is 1.33 bits per heavy atom. The maximum absolute atomic E-state index is 12.3. The number of ether oxygens (including phenoxy) is 3. The van der Waals surface area contributed by atoms with E-state index in [2.05, 4.69) is 0 Å². The van der Waals surface area contributed by atoms with Crippen LogP contribution in [0, 0.1) is 5.92 Å². The molecule has 1 heterocycles. The van der Waals surface area contributed by atoms with Gasteiger partial charge in [-0.25, -0.2) is 4.79 Å². The molecule has 134 valence electrons. The highest BCUT2D eigenvalue weighted by molar-refractivity contribution is 5.92. The van der Waals surface area contributed by atoms with Gasteiger partial charge < -0.3 is 25.1 Å². The molecule has 0 saturated heterocycles. The van der Waals surface area contributed by atoms with E-state index in [1.54, 1.807) is 13.8 Å². The molecule has 1 saturated carbocycles. The number of aliphatic hydroxyl groups is 1. The first-order valence-corrected chi connectivity index (χ1v) is 8.36. The monoisotopic (exact) mass is 339 g/mol. The summed E-state index contributed by atoms with van der Waals surface area (Å²) in [5.41, 5.74) is 7.01. The standard InChI is InChI=1S/C17H25NO6/c1-3-22-13(19)6-5-9-17(21)14(16(20)23-4-2)15(18)12(10-24-17)11-7-8-11/h10-11,21H,3-9,18H2,1-2H3. The van der Waals surface area contributed by atoms with Crippen LogP contribution in [0.25, 0.3) is 0 Å². The predicted molar refractivity (Wildman–Crippen MR) is 85.2 cm³/mol. The van der Waals surface area contributed by atoms with E-state index in [1.807, 2.05) is 0 Å². The molecule has 3 N–H and O–H groups in total. The average molecular weight is 339 g/mol. The molecule has 1 unspecified atom stereocenters. The fourth-order valence-electron chi connectivity index (χ4n) is 2.71. The van der Waals surface area contributed by atoms with Crippen LogP contribution in [0.3, 0.4) is 0 Å². The molecule has 24 heavy (non-hydrogen) atoms. The zero-order valence-corrected chi connectivity index (χ0v) is 14.2. The van der Waals surface area contributed by atoms with Crippen LogP contribution in [-0.2, 0) is 23.8 Å². The van der Waals surface area contributed by atoms with Crippen LogP contribution < -0.4 is 5.73 Å². The summed E-state index contributed by atoms with van der Waals surface area (Å²) in [7, 11) is 0. The summed E-state index contributed by atoms with van der Waals surface area (Å²) in [5.74, 6) is -2.68. The molecule has 7 nitrogen and oxygen atoms in total. The number of esters is 2. The van der Waals surface area contributed by atoms with E-state index in [0.717, 1.165) is 18.4 Å². The van der Waals surface area contributed by atoms with Gasteiger partial charge in [0.15, 0.2) is 0 Å². The molecular weight excluding hydrogens is 314 g/mol. The Morgan fingerprint density at radius 2 is 2.00 bits per heavy atom. The Kier molecular flexibility index (Phi) is 5.88. The third-order valence-corrected chi connectivity index (χ3v) is 4.05. The average Bonchev–Trinajstić information content (AvgIpc) is 3.32. The van der Waals surface area contributed by atoms with Crippen LogP contribution in [0.15, 0.2) is 23.1 Å². The van der Waals surface area contributed by atoms with Crippen LogP contribution in [-0.4, -0.2) is 36.0 Å². The summed E-state index contributed by atoms with van der Waals surface area (Å²) < 4.78 is 15.4. The number of allylic oxidation sites excluding steroid dienone is 1. The highest BCUT2D eigenvalue weighted by Crippen LogP contribution is 2.44. The summed E-state index contributed by atoms with van der Waals surface area (Å²) in [5, 5.41) is 10.8. The molecule has 1 aliphatic heterocycles. The molecule has 1 atom stereocenters. The van der Waals surface area contributed by atoms with Gasteiger partial charge in [0.25, 0.3) is 0 Å². The fraction of sp³-hybridized carbons (Fsp3) is 0.647. The van der Waals surface area contributed by atoms with Crippen molar-refractivity contribution < 1.29 is 28.9 Å². The maximum Gasteiger partial charge on any atom is 0.342 e. The zero-order valence-electron chi connectivity index (χ0n) is 14.2. The smallest absolute Gasteiger partial charge is 0.342 e. The molecule has 0 aromatic heterocycles. The molecule has 0 amide bonds. The van der Waals surface area contributed by atoms with Gasteiger partial charge in [-0.3, -0.25) is 4.79 Å². The molecule has 0 aromatic carbocycles. The minimum atomic E-state index is -1.89. The Morgan fingerprint density at radius 3 is 2.58 bits per heavy atom. The van der Waals surface area contributed by atoms with Gasteiger partial charge in [0.1, 0.15) is 5.57 Å². The minimum absolute atomic E-state index is 0.0368. The molecule has 0 bridgehead atoms. The first-order chi connectivity index (χ1) is 11.4. The van der Waals surface area contributed by atoms with E-state index in [1.165, 1.54) is 6.26 Å². The normalized spacial score (nSPS) is 23.4. The van der Waals surface area contributed by atoms with Crippen molar-refractivity contribution in [2.75, 3.05) is 13.2 Å². The van der Waals surface area contributed by atoms with Crippen molar-refractivity contribution in [3.8, 4) is 0 Å². The third kappa shape index (κ3) is 4.08. The zero-order chi connectivity index (χ0) is 17.7. The molecule has 2 rings (SSSR count). The van der Waals surface area contributed by atoms with Crippen LogP contribution in [0.1, 0.15) is 46.0 Å². The number of hydrogen-bond acceptors (Lipinski definition) is 7. The molecule has 0 aromatic rings. The Hall–Kier alpha value is -2.02. The van der Waals surface area contributed by atoms with Gasteiger partial charge >= 0.3 is 11.9 Å². The van der Waals surface area contributed by atoms with Crippen LogP contribution in [0.5, 0.6) is 0 Å². The van der Waals surface area contributed by atoms with Crippen molar-refractivity contribution in [2.24, 2.45) is 11.7 Å². The molecule has 0 spiro atoms. The summed E-state index contributed by atoms with van der Waals surface area (Å²) >= 11 is 0. The van der Waals surface area contributed by atoms with Gasteiger partial charge in [0.05, 0.1) is 25.2 Å². The summed E-state index contributed by atoms with van der Waals surface area (Å²) in [6.45, 7) is 3.86. The van der Waals surface area contributed by atoms with Gasteiger partial charge in [-0.1, -0.05) is 0 Å². The third-order valence-electron chi connectivity index (χ3n) is 4.05. The van der Waals surface area contributed by atoms with Crippen LogP contribution in [0.4, 0.5) is 0 Å². The van der Waals surface area contributed by atoms with E-state index in [4.69, 9.17) is 19.9 Å². The van der Waals surface area contributed by atoms with Crippen LogP contribution >= 0.6 is 0 Å². The second kappa shape index (κ2) is 7.70. The van der Waals surface area contributed by atoms with Crippen molar-refractivity contribution in [3.05, 3.63) is 23.1 Å². The van der Waals surface area contributed by atoms with Gasteiger partial charge in [-0.15, -0.1) is 0 Å². The molecule has 1 fully saturated rings. The van der Waals surface area contributed by atoms with E-state index in [-0.39, 0.29) is 49.0 Å². The Bertz CT molecular complexity index is 563. The first kappa shape index (κ1) is 18.3. The Labute approximate surface area is 141 Å². The van der Waals surface area contributed by atoms with Gasteiger partial charge in [-0.2, -0.15) is 0 Å². The maximum atomic E-state index is 12.3. The summed E-state index contributed by atoms with van der Waals surface area (Å²) in [6.07, 6.45) is 3.84. The minimum Gasteiger partial charge on any atom is -0.466 e. The topological polar surface area (TPSA) is 108 Å². The highest BCUT2D eigenvalue weighted by atomic mass is 16.6. The lowest BCUT2D eigenvalue weighted by Crippen LogP contribution is -2.42. The van der Waals surface area contributed by atoms with E-state index in [0.29, 0.717) is 6.61 Å². The molecule has 0 radical (unpaired) electrons. The first-order valence-electron chi connectivity index (χ1n) is 8.36. The van der Waals surface area contributed by atoms with Crippen molar-refractivity contribution in [1.82, 2.24) is 0 Å².